The average Bonchev–Trinajstić information content (AvgIpc) is 2.69. The highest BCUT2D eigenvalue weighted by molar-refractivity contribution is 7.80. The second-order valence-electron chi connectivity index (χ2n) is 6.48. The summed E-state index contributed by atoms with van der Waals surface area (Å²) >= 11 is 5.67. The Morgan fingerprint density at radius 2 is 1.89 bits per heavy atom. The monoisotopic (exact) mass is 395 g/mol. The van der Waals surface area contributed by atoms with E-state index < -0.39 is 0 Å². The van der Waals surface area contributed by atoms with Gasteiger partial charge < -0.3 is 15.0 Å². The summed E-state index contributed by atoms with van der Waals surface area (Å²) in [7, 11) is 1.63. The first-order valence-electron chi connectivity index (χ1n) is 8.89. The van der Waals surface area contributed by atoms with E-state index in [4.69, 9.17) is 17.0 Å². The molecule has 3 rings (SSSR count). The predicted molar refractivity (Wildman–Crippen MR) is 114 cm³/mol. The number of hydrogen-bond donors (Lipinski definition) is 1. The number of methoxy groups -OCH3 is 1. The minimum absolute atomic E-state index is 0.266. The van der Waals surface area contributed by atoms with Gasteiger partial charge in [0.25, 0.3) is 0 Å². The van der Waals surface area contributed by atoms with E-state index in [1.54, 1.807) is 25.6 Å². The fourth-order valence-corrected chi connectivity index (χ4v) is 3.10. The quantitative estimate of drug-likeness (QED) is 0.599. The third kappa shape index (κ3) is 5.27. The van der Waals surface area contributed by atoms with Crippen LogP contribution in [0.15, 0.2) is 67.0 Å². The van der Waals surface area contributed by atoms with Crippen molar-refractivity contribution in [2.75, 3.05) is 12.4 Å². The van der Waals surface area contributed by atoms with Crippen LogP contribution in [-0.4, -0.2) is 22.1 Å². The van der Waals surface area contributed by atoms with Crippen molar-refractivity contribution in [3.63, 3.8) is 0 Å². The van der Waals surface area contributed by atoms with E-state index in [0.29, 0.717) is 18.2 Å². The molecule has 0 spiro atoms. The number of nitrogens with zero attached hydrogens (tertiary/aromatic N) is 2. The number of halogens is 1. The van der Waals surface area contributed by atoms with Crippen LogP contribution in [0.2, 0.25) is 0 Å². The number of ether oxygens (including phenoxy) is 1. The number of hydrogen-bond acceptors (Lipinski definition) is 3. The van der Waals surface area contributed by atoms with Gasteiger partial charge in [-0.15, -0.1) is 0 Å². The summed E-state index contributed by atoms with van der Waals surface area (Å²) in [6.07, 6.45) is 3.53. The number of nitrogens with one attached hydrogen (secondary N) is 1. The number of rotatable bonds is 6. The number of aromatic nitrogens is 1. The molecule has 6 heteroatoms. The molecule has 0 unspecified atom stereocenters. The van der Waals surface area contributed by atoms with Gasteiger partial charge >= 0.3 is 0 Å². The number of aryl methyl sites for hydroxylation is 1. The first-order valence-corrected chi connectivity index (χ1v) is 9.30. The Morgan fingerprint density at radius 3 is 2.61 bits per heavy atom. The number of benzene rings is 2. The molecule has 0 aliphatic heterocycles. The molecule has 28 heavy (non-hydrogen) atoms. The van der Waals surface area contributed by atoms with Crippen LogP contribution in [0, 0.1) is 12.7 Å². The van der Waals surface area contributed by atoms with Crippen LogP contribution in [0.3, 0.4) is 0 Å². The van der Waals surface area contributed by atoms with Crippen molar-refractivity contribution in [2.45, 2.75) is 20.0 Å². The molecule has 0 atom stereocenters. The van der Waals surface area contributed by atoms with Gasteiger partial charge in [0.1, 0.15) is 11.6 Å². The predicted octanol–water partition coefficient (Wildman–Crippen LogP) is 4.94. The summed E-state index contributed by atoms with van der Waals surface area (Å²) < 4.78 is 19.1. The van der Waals surface area contributed by atoms with Crippen LogP contribution in [0.1, 0.15) is 16.7 Å². The second kappa shape index (κ2) is 9.28. The Bertz CT molecular complexity index is 950. The standard InChI is InChI=1S/C22H22FN3OS/c1-16-8-9-20(21(11-16)27-2)25-22(28)26(15-18-6-4-10-24-13-18)14-17-5-3-7-19(23)12-17/h3-13H,14-15H2,1-2H3,(H,25,28). The molecule has 1 heterocycles. The van der Waals surface area contributed by atoms with Gasteiger partial charge in [0.05, 0.1) is 12.8 Å². The third-order valence-electron chi connectivity index (χ3n) is 4.24. The fraction of sp³-hybridized carbons (Fsp3) is 0.182. The van der Waals surface area contributed by atoms with Crippen LogP contribution >= 0.6 is 12.2 Å². The van der Waals surface area contributed by atoms with Crippen molar-refractivity contribution in [1.82, 2.24) is 9.88 Å². The van der Waals surface area contributed by atoms with Gasteiger partial charge in [0.2, 0.25) is 0 Å². The van der Waals surface area contributed by atoms with Gasteiger partial charge in [0, 0.05) is 25.5 Å². The zero-order chi connectivity index (χ0) is 19.9. The molecule has 1 aromatic heterocycles. The summed E-state index contributed by atoms with van der Waals surface area (Å²) in [5.74, 6) is 0.451. The third-order valence-corrected chi connectivity index (χ3v) is 4.60. The Morgan fingerprint density at radius 1 is 1.11 bits per heavy atom. The molecular weight excluding hydrogens is 373 g/mol. The van der Waals surface area contributed by atoms with Crippen LogP contribution in [0.5, 0.6) is 5.75 Å². The minimum Gasteiger partial charge on any atom is -0.495 e. The van der Waals surface area contributed by atoms with Crippen molar-refractivity contribution in [1.29, 1.82) is 0 Å². The molecule has 0 fully saturated rings. The fourth-order valence-electron chi connectivity index (χ4n) is 2.86. The lowest BCUT2D eigenvalue weighted by Gasteiger charge is -2.26. The Hall–Kier alpha value is -2.99. The normalized spacial score (nSPS) is 10.4. The lowest BCUT2D eigenvalue weighted by atomic mass is 10.2. The lowest BCUT2D eigenvalue weighted by Crippen LogP contribution is -2.34. The summed E-state index contributed by atoms with van der Waals surface area (Å²) in [4.78, 5) is 6.14. The van der Waals surface area contributed by atoms with E-state index in [9.17, 15) is 4.39 Å². The SMILES string of the molecule is COc1cc(C)ccc1NC(=S)N(Cc1cccnc1)Cc1cccc(F)c1. The molecule has 0 radical (unpaired) electrons. The smallest absolute Gasteiger partial charge is 0.174 e. The highest BCUT2D eigenvalue weighted by Crippen LogP contribution is 2.26. The molecule has 4 nitrogen and oxygen atoms in total. The molecular formula is C22H22FN3OS. The number of anilines is 1. The van der Waals surface area contributed by atoms with E-state index >= 15 is 0 Å². The van der Waals surface area contributed by atoms with Crippen LogP contribution in [-0.2, 0) is 13.1 Å². The van der Waals surface area contributed by atoms with Crippen LogP contribution in [0.25, 0.3) is 0 Å². The summed E-state index contributed by atoms with van der Waals surface area (Å²) in [6.45, 7) is 3.01. The van der Waals surface area contributed by atoms with Crippen LogP contribution < -0.4 is 10.1 Å². The molecule has 0 bridgehead atoms. The highest BCUT2D eigenvalue weighted by atomic mass is 32.1. The van der Waals surface area contributed by atoms with E-state index in [2.05, 4.69) is 10.3 Å². The van der Waals surface area contributed by atoms with Crippen molar-refractivity contribution in [3.05, 3.63) is 89.5 Å². The van der Waals surface area contributed by atoms with E-state index in [1.165, 1.54) is 12.1 Å². The maximum Gasteiger partial charge on any atom is 0.174 e. The average molecular weight is 396 g/mol. The topological polar surface area (TPSA) is 37.4 Å². The number of thiocarbonyl (C=S) groups is 1. The Kier molecular flexibility index (Phi) is 6.55. The van der Waals surface area contributed by atoms with E-state index in [0.717, 1.165) is 28.1 Å². The Labute approximate surface area is 170 Å². The van der Waals surface area contributed by atoms with Crippen molar-refractivity contribution >= 4 is 23.0 Å². The van der Waals surface area contributed by atoms with Crippen LogP contribution in [0.4, 0.5) is 10.1 Å². The first-order chi connectivity index (χ1) is 13.5. The summed E-state index contributed by atoms with van der Waals surface area (Å²) in [5.41, 5.74) is 3.73. The molecule has 1 N–H and O–H groups in total. The zero-order valence-electron chi connectivity index (χ0n) is 15.9. The molecule has 0 saturated heterocycles. The zero-order valence-corrected chi connectivity index (χ0v) is 16.7. The molecule has 2 aromatic carbocycles. The molecule has 0 aliphatic carbocycles. The van der Waals surface area contributed by atoms with E-state index in [-0.39, 0.29) is 5.82 Å². The van der Waals surface area contributed by atoms with Gasteiger partial charge in [-0.3, -0.25) is 4.98 Å². The molecule has 0 saturated carbocycles. The number of pyridine rings is 1. The van der Waals surface area contributed by atoms with Gasteiger partial charge in [0.15, 0.2) is 5.11 Å². The van der Waals surface area contributed by atoms with Gasteiger partial charge in [-0.2, -0.15) is 0 Å². The van der Waals surface area contributed by atoms with E-state index in [1.807, 2.05) is 48.2 Å². The van der Waals surface area contributed by atoms with Crippen molar-refractivity contribution in [2.24, 2.45) is 0 Å². The largest absolute Gasteiger partial charge is 0.495 e. The lowest BCUT2D eigenvalue weighted by molar-refractivity contribution is 0.408. The summed E-state index contributed by atoms with van der Waals surface area (Å²) in [5, 5.41) is 3.79. The Balaban J connectivity index is 1.83. The molecule has 144 valence electrons. The highest BCUT2D eigenvalue weighted by Gasteiger charge is 2.14. The first kappa shape index (κ1) is 19.8. The molecule has 3 aromatic rings. The van der Waals surface area contributed by atoms with Gasteiger partial charge in [-0.05, 0) is 66.2 Å². The maximum atomic E-state index is 13.6. The second-order valence-corrected chi connectivity index (χ2v) is 6.87. The molecule has 0 aliphatic rings. The molecule has 0 amide bonds. The van der Waals surface area contributed by atoms with Gasteiger partial charge in [-0.25, -0.2) is 4.39 Å². The maximum absolute atomic E-state index is 13.6. The van der Waals surface area contributed by atoms with Gasteiger partial charge in [-0.1, -0.05) is 24.3 Å². The van der Waals surface area contributed by atoms with Crippen molar-refractivity contribution < 1.29 is 9.13 Å². The summed E-state index contributed by atoms with van der Waals surface area (Å²) in [6, 6.07) is 16.3. The minimum atomic E-state index is -0.266. The van der Waals surface area contributed by atoms with Crippen molar-refractivity contribution in [3.8, 4) is 5.75 Å².